The molecule has 0 unspecified atom stereocenters. The van der Waals surface area contributed by atoms with Crippen molar-refractivity contribution in [3.63, 3.8) is 0 Å². The molecule has 1 aliphatic heterocycles. The molecule has 0 aromatic heterocycles. The highest BCUT2D eigenvalue weighted by Crippen LogP contribution is 2.19. The van der Waals surface area contributed by atoms with Gasteiger partial charge in [0.1, 0.15) is 0 Å². The van der Waals surface area contributed by atoms with E-state index in [-0.39, 0.29) is 36.3 Å². The van der Waals surface area contributed by atoms with Gasteiger partial charge in [0.2, 0.25) is 15.9 Å². The maximum absolute atomic E-state index is 13.1. The first-order valence-corrected chi connectivity index (χ1v) is 11.1. The molecule has 1 heterocycles. The number of nitrogens with zero attached hydrogens (tertiary/aromatic N) is 2. The Morgan fingerprint density at radius 3 is 2.59 bits per heavy atom. The summed E-state index contributed by atoms with van der Waals surface area (Å²) in [4.78, 5) is 26.4. The Bertz CT molecular complexity index is 976. The van der Waals surface area contributed by atoms with E-state index >= 15 is 0 Å². The van der Waals surface area contributed by atoms with Gasteiger partial charge in [-0.25, -0.2) is 8.42 Å². The monoisotopic (exact) mass is 415 g/mol. The zero-order valence-electron chi connectivity index (χ0n) is 16.4. The molecule has 1 aliphatic rings. The van der Waals surface area contributed by atoms with Gasteiger partial charge in [-0.1, -0.05) is 43.3 Å². The molecule has 2 aromatic rings. The molecule has 1 N–H and O–H groups in total. The number of amides is 2. The molecule has 0 aliphatic carbocycles. The number of nitrogens with one attached hydrogen (secondary N) is 1. The zero-order valence-corrected chi connectivity index (χ0v) is 17.2. The molecule has 3 rings (SSSR count). The van der Waals surface area contributed by atoms with Crippen molar-refractivity contribution in [3.8, 4) is 0 Å². The van der Waals surface area contributed by atoms with Gasteiger partial charge in [0, 0.05) is 31.7 Å². The fourth-order valence-electron chi connectivity index (χ4n) is 3.27. The molecular formula is C21H25N3O4S. The number of piperazine rings is 1. The summed E-state index contributed by atoms with van der Waals surface area (Å²) in [5, 5.41) is 2.61. The Morgan fingerprint density at radius 2 is 1.90 bits per heavy atom. The summed E-state index contributed by atoms with van der Waals surface area (Å²) in [6.45, 7) is 3.29. The molecular weight excluding hydrogens is 390 g/mol. The summed E-state index contributed by atoms with van der Waals surface area (Å²) in [5.74, 6) is -0.548. The number of carbonyl (C=O) groups is 2. The summed E-state index contributed by atoms with van der Waals surface area (Å²) < 4.78 is 27.0. The number of rotatable bonds is 7. The van der Waals surface area contributed by atoms with E-state index in [9.17, 15) is 18.0 Å². The molecule has 0 atom stereocenters. The van der Waals surface area contributed by atoms with Crippen molar-refractivity contribution in [1.29, 1.82) is 0 Å². The van der Waals surface area contributed by atoms with Gasteiger partial charge in [-0.3, -0.25) is 9.59 Å². The first-order valence-electron chi connectivity index (χ1n) is 9.62. The predicted octanol–water partition coefficient (Wildman–Crippen LogP) is 1.86. The van der Waals surface area contributed by atoms with Gasteiger partial charge in [0.25, 0.3) is 5.91 Å². The molecule has 2 aromatic carbocycles. The van der Waals surface area contributed by atoms with Gasteiger partial charge < -0.3 is 10.2 Å². The molecule has 0 bridgehead atoms. The standard InChI is InChI=1S/C21H25N3O4S/c1-2-12-23(15-17-7-4-3-5-8-17)21(26)18-9-6-10-19(14-18)29(27,28)24-13-11-22-20(25)16-24/h3-10,14H,2,11-13,15-16H2,1H3,(H,22,25). The Morgan fingerprint density at radius 1 is 1.14 bits per heavy atom. The molecule has 1 fully saturated rings. The normalized spacial score (nSPS) is 15.0. The molecule has 154 valence electrons. The number of hydrogen-bond acceptors (Lipinski definition) is 4. The van der Waals surface area contributed by atoms with Gasteiger partial charge in [0.15, 0.2) is 0 Å². The highest BCUT2D eigenvalue weighted by atomic mass is 32.2. The summed E-state index contributed by atoms with van der Waals surface area (Å²) in [6.07, 6.45) is 0.791. The lowest BCUT2D eigenvalue weighted by molar-refractivity contribution is -0.122. The lowest BCUT2D eigenvalue weighted by Gasteiger charge is -2.26. The SMILES string of the molecule is CCCN(Cc1ccccc1)C(=O)c1cccc(S(=O)(=O)N2CCNC(=O)C2)c1. The van der Waals surface area contributed by atoms with Crippen LogP contribution in [0.1, 0.15) is 29.3 Å². The third-order valence-electron chi connectivity index (χ3n) is 4.72. The van der Waals surface area contributed by atoms with Gasteiger partial charge in [-0.15, -0.1) is 0 Å². The third kappa shape index (κ3) is 5.02. The lowest BCUT2D eigenvalue weighted by atomic mass is 10.1. The third-order valence-corrected chi connectivity index (χ3v) is 6.56. The number of carbonyl (C=O) groups excluding carboxylic acids is 2. The van der Waals surface area contributed by atoms with Crippen molar-refractivity contribution < 1.29 is 18.0 Å². The van der Waals surface area contributed by atoms with Crippen molar-refractivity contribution in [2.45, 2.75) is 24.8 Å². The van der Waals surface area contributed by atoms with Crippen molar-refractivity contribution in [3.05, 3.63) is 65.7 Å². The van der Waals surface area contributed by atoms with Crippen LogP contribution < -0.4 is 5.32 Å². The Hall–Kier alpha value is -2.71. The number of sulfonamides is 1. The second kappa shape index (κ2) is 9.19. The first kappa shape index (κ1) is 21.0. The van der Waals surface area contributed by atoms with E-state index in [2.05, 4.69) is 5.32 Å². The minimum Gasteiger partial charge on any atom is -0.354 e. The molecule has 0 spiro atoms. The smallest absolute Gasteiger partial charge is 0.254 e. The molecule has 0 radical (unpaired) electrons. The van der Waals surface area contributed by atoms with Crippen LogP contribution in [0.4, 0.5) is 0 Å². The minimum absolute atomic E-state index is 0.0224. The van der Waals surface area contributed by atoms with Crippen LogP contribution in [0.3, 0.4) is 0 Å². The highest BCUT2D eigenvalue weighted by Gasteiger charge is 2.30. The highest BCUT2D eigenvalue weighted by molar-refractivity contribution is 7.89. The average Bonchev–Trinajstić information content (AvgIpc) is 2.74. The van der Waals surface area contributed by atoms with E-state index in [4.69, 9.17) is 0 Å². The van der Waals surface area contributed by atoms with E-state index in [0.29, 0.717) is 18.7 Å². The fourth-order valence-corrected chi connectivity index (χ4v) is 4.71. The van der Waals surface area contributed by atoms with Crippen LogP contribution in [0.25, 0.3) is 0 Å². The largest absolute Gasteiger partial charge is 0.354 e. The van der Waals surface area contributed by atoms with E-state index in [1.807, 2.05) is 37.3 Å². The van der Waals surface area contributed by atoms with Crippen LogP contribution in [0.2, 0.25) is 0 Å². The number of hydrogen-bond donors (Lipinski definition) is 1. The van der Waals surface area contributed by atoms with Crippen LogP contribution in [-0.2, 0) is 21.4 Å². The lowest BCUT2D eigenvalue weighted by Crippen LogP contribution is -2.49. The molecule has 7 nitrogen and oxygen atoms in total. The second-order valence-corrected chi connectivity index (χ2v) is 8.87. The Labute approximate surface area is 171 Å². The summed E-state index contributed by atoms with van der Waals surface area (Å²) >= 11 is 0. The predicted molar refractivity (Wildman–Crippen MR) is 110 cm³/mol. The second-order valence-electron chi connectivity index (χ2n) is 6.93. The topological polar surface area (TPSA) is 86.8 Å². The Balaban J connectivity index is 1.84. The maximum Gasteiger partial charge on any atom is 0.254 e. The zero-order chi connectivity index (χ0) is 20.9. The van der Waals surface area contributed by atoms with Gasteiger partial charge >= 0.3 is 0 Å². The van der Waals surface area contributed by atoms with Crippen LogP contribution in [-0.4, -0.2) is 55.6 Å². The van der Waals surface area contributed by atoms with Crippen molar-refractivity contribution in [2.24, 2.45) is 0 Å². The molecule has 0 saturated carbocycles. The first-order chi connectivity index (χ1) is 13.9. The maximum atomic E-state index is 13.1. The van der Waals surface area contributed by atoms with Gasteiger partial charge in [-0.2, -0.15) is 4.31 Å². The van der Waals surface area contributed by atoms with Gasteiger partial charge in [-0.05, 0) is 30.2 Å². The summed E-state index contributed by atoms with van der Waals surface area (Å²) in [7, 11) is -3.85. The van der Waals surface area contributed by atoms with Crippen molar-refractivity contribution in [1.82, 2.24) is 14.5 Å². The van der Waals surface area contributed by atoms with E-state index in [1.165, 1.54) is 12.1 Å². The quantitative estimate of drug-likeness (QED) is 0.748. The van der Waals surface area contributed by atoms with Crippen LogP contribution in [0, 0.1) is 0 Å². The van der Waals surface area contributed by atoms with Gasteiger partial charge in [0.05, 0.1) is 11.4 Å². The van der Waals surface area contributed by atoms with Crippen LogP contribution in [0.15, 0.2) is 59.5 Å². The van der Waals surface area contributed by atoms with E-state index in [0.717, 1.165) is 16.3 Å². The molecule has 29 heavy (non-hydrogen) atoms. The minimum atomic E-state index is -3.85. The van der Waals surface area contributed by atoms with E-state index in [1.54, 1.807) is 17.0 Å². The summed E-state index contributed by atoms with van der Waals surface area (Å²) in [6, 6.07) is 15.7. The Kier molecular flexibility index (Phi) is 6.66. The van der Waals surface area contributed by atoms with Crippen LogP contribution >= 0.6 is 0 Å². The molecule has 2 amide bonds. The average molecular weight is 416 g/mol. The van der Waals surface area contributed by atoms with Crippen LogP contribution in [0.5, 0.6) is 0 Å². The van der Waals surface area contributed by atoms with Crippen molar-refractivity contribution in [2.75, 3.05) is 26.2 Å². The fraction of sp³-hybridized carbons (Fsp3) is 0.333. The number of benzene rings is 2. The molecule has 1 saturated heterocycles. The van der Waals surface area contributed by atoms with Crippen molar-refractivity contribution >= 4 is 21.8 Å². The van der Waals surface area contributed by atoms with E-state index < -0.39 is 10.0 Å². The summed E-state index contributed by atoms with van der Waals surface area (Å²) in [5.41, 5.74) is 1.33. The molecule has 8 heteroatoms.